The number of carbonyl (C=O) groups excluding carboxylic acids is 1. The van der Waals surface area contributed by atoms with E-state index in [-0.39, 0.29) is 11.8 Å². The second-order valence-electron chi connectivity index (χ2n) is 6.32. The first-order chi connectivity index (χ1) is 12.2. The van der Waals surface area contributed by atoms with Crippen molar-refractivity contribution in [3.05, 3.63) is 42.2 Å². The van der Waals surface area contributed by atoms with Crippen molar-refractivity contribution < 1.29 is 4.79 Å². The Hall–Kier alpha value is -2.54. The minimum Gasteiger partial charge on any atom is -0.347 e. The van der Waals surface area contributed by atoms with Crippen LogP contribution in [0.25, 0.3) is 10.3 Å². The summed E-state index contributed by atoms with van der Waals surface area (Å²) >= 11 is 1.58. The van der Waals surface area contributed by atoms with Gasteiger partial charge in [0.15, 0.2) is 5.13 Å². The first-order valence-electron chi connectivity index (χ1n) is 8.39. The highest BCUT2D eigenvalue weighted by Crippen LogP contribution is 2.30. The number of nitrogens with zero attached hydrogens (tertiary/aromatic N) is 4. The number of rotatable bonds is 3. The number of aromatic nitrogens is 3. The van der Waals surface area contributed by atoms with Gasteiger partial charge in [0.25, 0.3) is 0 Å². The smallest absolute Gasteiger partial charge is 0.230 e. The van der Waals surface area contributed by atoms with Crippen LogP contribution in [0.3, 0.4) is 0 Å². The highest BCUT2D eigenvalue weighted by Gasteiger charge is 2.27. The Morgan fingerprint density at radius 1 is 1.32 bits per heavy atom. The molecule has 1 aliphatic rings. The second kappa shape index (κ2) is 6.76. The summed E-state index contributed by atoms with van der Waals surface area (Å²) in [4.78, 5) is 29.0. The number of fused-ring (bicyclic) bond motifs is 1. The first kappa shape index (κ1) is 16.0. The van der Waals surface area contributed by atoms with Crippen LogP contribution in [-0.2, 0) is 4.79 Å². The number of hydrogen-bond acceptors (Lipinski definition) is 6. The average molecular weight is 353 g/mol. The number of piperidine rings is 1. The molecule has 0 aromatic carbocycles. The summed E-state index contributed by atoms with van der Waals surface area (Å²) < 4.78 is 0. The van der Waals surface area contributed by atoms with Crippen LogP contribution < -0.4 is 10.2 Å². The maximum absolute atomic E-state index is 12.6. The molecule has 1 fully saturated rings. The molecule has 0 spiro atoms. The summed E-state index contributed by atoms with van der Waals surface area (Å²) in [5, 5.41) is 3.88. The van der Waals surface area contributed by atoms with Crippen molar-refractivity contribution >= 4 is 38.5 Å². The highest BCUT2D eigenvalue weighted by molar-refractivity contribution is 7.21. The number of thiazole rings is 1. The molecular weight excluding hydrogens is 334 g/mol. The fraction of sp³-hybridized carbons (Fsp3) is 0.333. The largest absolute Gasteiger partial charge is 0.347 e. The van der Waals surface area contributed by atoms with Gasteiger partial charge in [-0.05, 0) is 43.5 Å². The molecule has 25 heavy (non-hydrogen) atoms. The predicted octanol–water partition coefficient (Wildman–Crippen LogP) is 3.25. The molecule has 4 heterocycles. The van der Waals surface area contributed by atoms with Crippen molar-refractivity contribution in [1.29, 1.82) is 0 Å². The van der Waals surface area contributed by atoms with Crippen molar-refractivity contribution in [2.24, 2.45) is 5.92 Å². The summed E-state index contributed by atoms with van der Waals surface area (Å²) in [7, 11) is 0. The minimum absolute atomic E-state index is 0.0280. The molecular formula is C18H19N5OS. The van der Waals surface area contributed by atoms with Crippen LogP contribution in [0.15, 0.2) is 36.7 Å². The summed E-state index contributed by atoms with van der Waals surface area (Å²) in [6, 6.07) is 7.66. The van der Waals surface area contributed by atoms with E-state index in [1.165, 1.54) is 0 Å². The zero-order valence-electron chi connectivity index (χ0n) is 14.0. The lowest BCUT2D eigenvalue weighted by Gasteiger charge is -2.31. The maximum Gasteiger partial charge on any atom is 0.230 e. The van der Waals surface area contributed by atoms with Crippen LogP contribution >= 0.6 is 11.3 Å². The fourth-order valence-corrected chi connectivity index (χ4v) is 3.97. The summed E-state index contributed by atoms with van der Waals surface area (Å²) in [6.45, 7) is 3.58. The minimum atomic E-state index is -0.0585. The Morgan fingerprint density at radius 2 is 2.24 bits per heavy atom. The molecule has 3 aromatic heterocycles. The van der Waals surface area contributed by atoms with Gasteiger partial charge in [-0.15, -0.1) is 0 Å². The summed E-state index contributed by atoms with van der Waals surface area (Å²) in [5.41, 5.74) is 1.99. The van der Waals surface area contributed by atoms with Gasteiger partial charge < -0.3 is 10.2 Å². The van der Waals surface area contributed by atoms with Crippen LogP contribution in [0.1, 0.15) is 18.4 Å². The molecule has 3 aromatic rings. The number of anilines is 2. The number of carbonyl (C=O) groups is 1. The van der Waals surface area contributed by atoms with Gasteiger partial charge in [0, 0.05) is 25.5 Å². The van der Waals surface area contributed by atoms with Crippen LogP contribution in [0, 0.1) is 12.8 Å². The highest BCUT2D eigenvalue weighted by atomic mass is 32.1. The van der Waals surface area contributed by atoms with Crippen molar-refractivity contribution in [2.45, 2.75) is 19.8 Å². The quantitative estimate of drug-likeness (QED) is 0.783. The Morgan fingerprint density at radius 3 is 3.04 bits per heavy atom. The van der Waals surface area contributed by atoms with Crippen LogP contribution in [0.5, 0.6) is 0 Å². The van der Waals surface area contributed by atoms with E-state index in [1.54, 1.807) is 23.7 Å². The molecule has 6 nitrogen and oxygen atoms in total. The summed E-state index contributed by atoms with van der Waals surface area (Å²) in [5.74, 6) is 0.578. The Balaban J connectivity index is 1.46. The molecule has 1 N–H and O–H groups in total. The summed E-state index contributed by atoms with van der Waals surface area (Å²) in [6.07, 6.45) is 5.41. The molecule has 7 heteroatoms. The number of hydrogen-bond donors (Lipinski definition) is 1. The molecule has 4 rings (SSSR count). The van der Waals surface area contributed by atoms with Crippen LogP contribution in [-0.4, -0.2) is 33.9 Å². The SMILES string of the molecule is Cc1ccc(NC(=O)C2CCCN(c3nc4cccnc4s3)C2)nc1. The van der Waals surface area contributed by atoms with Crippen molar-refractivity contribution in [1.82, 2.24) is 15.0 Å². The Bertz CT molecular complexity index is 859. The fourth-order valence-electron chi connectivity index (χ4n) is 3.03. The molecule has 0 radical (unpaired) electrons. The zero-order chi connectivity index (χ0) is 17.2. The molecule has 0 saturated carbocycles. The van der Waals surface area contributed by atoms with E-state index in [1.807, 2.05) is 31.2 Å². The number of pyridine rings is 2. The van der Waals surface area contributed by atoms with Gasteiger partial charge in [-0.1, -0.05) is 17.4 Å². The van der Waals surface area contributed by atoms with Gasteiger partial charge in [-0.2, -0.15) is 0 Å². The van der Waals surface area contributed by atoms with Crippen LogP contribution in [0.4, 0.5) is 10.9 Å². The van der Waals surface area contributed by atoms with E-state index in [0.717, 1.165) is 40.4 Å². The topological polar surface area (TPSA) is 71.0 Å². The van der Waals surface area contributed by atoms with Gasteiger partial charge in [-0.25, -0.2) is 15.0 Å². The van der Waals surface area contributed by atoms with Gasteiger partial charge in [0.05, 0.1) is 5.92 Å². The van der Waals surface area contributed by atoms with E-state index in [0.29, 0.717) is 12.4 Å². The first-order valence-corrected chi connectivity index (χ1v) is 9.21. The number of nitrogens with one attached hydrogen (secondary N) is 1. The van der Waals surface area contributed by atoms with E-state index in [4.69, 9.17) is 0 Å². The third-order valence-electron chi connectivity index (χ3n) is 4.38. The van der Waals surface area contributed by atoms with Gasteiger partial charge in [-0.3, -0.25) is 4.79 Å². The van der Waals surface area contributed by atoms with E-state index in [9.17, 15) is 4.79 Å². The van der Waals surface area contributed by atoms with Crippen molar-refractivity contribution in [2.75, 3.05) is 23.3 Å². The maximum atomic E-state index is 12.6. The molecule has 0 aliphatic carbocycles. The normalized spacial score (nSPS) is 17.6. The Labute approximate surface area is 149 Å². The van der Waals surface area contributed by atoms with Gasteiger partial charge >= 0.3 is 0 Å². The lowest BCUT2D eigenvalue weighted by molar-refractivity contribution is -0.120. The lowest BCUT2D eigenvalue weighted by Crippen LogP contribution is -2.40. The average Bonchev–Trinajstić information content (AvgIpc) is 3.08. The van der Waals surface area contributed by atoms with Gasteiger partial charge in [0.1, 0.15) is 16.2 Å². The standard InChI is InChI=1S/C18H19N5OS/c1-12-6-7-15(20-10-12)22-16(24)13-4-3-9-23(11-13)18-21-14-5-2-8-19-17(14)25-18/h2,5-8,10,13H,3-4,9,11H2,1H3,(H,20,22,24). The zero-order valence-corrected chi connectivity index (χ0v) is 14.8. The van der Waals surface area contributed by atoms with E-state index >= 15 is 0 Å². The third-order valence-corrected chi connectivity index (χ3v) is 5.42. The van der Waals surface area contributed by atoms with Gasteiger partial charge in [0.2, 0.25) is 5.91 Å². The number of aryl methyl sites for hydroxylation is 1. The molecule has 1 unspecified atom stereocenters. The van der Waals surface area contributed by atoms with Crippen molar-refractivity contribution in [3.63, 3.8) is 0 Å². The third kappa shape index (κ3) is 3.46. The molecule has 1 atom stereocenters. The molecule has 1 aliphatic heterocycles. The van der Waals surface area contributed by atoms with E-state index in [2.05, 4.69) is 25.2 Å². The second-order valence-corrected chi connectivity index (χ2v) is 7.28. The molecule has 0 bridgehead atoms. The lowest BCUT2D eigenvalue weighted by atomic mass is 9.97. The molecule has 1 saturated heterocycles. The van der Waals surface area contributed by atoms with E-state index < -0.39 is 0 Å². The Kier molecular flexibility index (Phi) is 4.31. The molecule has 128 valence electrons. The monoisotopic (exact) mass is 353 g/mol. The van der Waals surface area contributed by atoms with Crippen LogP contribution in [0.2, 0.25) is 0 Å². The molecule has 1 amide bonds. The predicted molar refractivity (Wildman–Crippen MR) is 100.0 cm³/mol. The number of amides is 1. The van der Waals surface area contributed by atoms with Crippen molar-refractivity contribution in [3.8, 4) is 0 Å².